The summed E-state index contributed by atoms with van der Waals surface area (Å²) in [6.07, 6.45) is 3.08. The van der Waals surface area contributed by atoms with Gasteiger partial charge in [-0.25, -0.2) is 0 Å². The molecule has 1 aliphatic rings. The summed E-state index contributed by atoms with van der Waals surface area (Å²) in [5.74, 6) is -0.175. The van der Waals surface area contributed by atoms with Gasteiger partial charge in [0.1, 0.15) is 0 Å². The van der Waals surface area contributed by atoms with Gasteiger partial charge in [0.05, 0.1) is 14.2 Å². The molecule has 0 saturated carbocycles. The molecule has 0 amide bonds. The lowest BCUT2D eigenvalue weighted by Crippen LogP contribution is -2.19. The Bertz CT molecular complexity index is 670. The fourth-order valence-electron chi connectivity index (χ4n) is 2.43. The van der Waals surface area contributed by atoms with Crippen LogP contribution in [0.4, 0.5) is 0 Å². The van der Waals surface area contributed by atoms with E-state index in [-0.39, 0.29) is 29.0 Å². The van der Waals surface area contributed by atoms with Crippen LogP contribution >= 0.6 is 0 Å². The van der Waals surface area contributed by atoms with E-state index in [4.69, 9.17) is 9.47 Å². The Morgan fingerprint density at radius 1 is 1.09 bits per heavy atom. The molecule has 5 nitrogen and oxygen atoms in total. The third-order valence-corrected chi connectivity index (χ3v) is 3.61. The van der Waals surface area contributed by atoms with Crippen molar-refractivity contribution in [3.05, 3.63) is 47.2 Å². The first kappa shape index (κ1) is 15.8. The van der Waals surface area contributed by atoms with Gasteiger partial charge < -0.3 is 14.6 Å². The highest BCUT2D eigenvalue weighted by atomic mass is 16.5. The van der Waals surface area contributed by atoms with Gasteiger partial charge in [0, 0.05) is 11.6 Å². The van der Waals surface area contributed by atoms with Crippen LogP contribution in [0, 0.1) is 5.92 Å². The van der Waals surface area contributed by atoms with E-state index in [9.17, 15) is 14.7 Å². The Morgan fingerprint density at radius 3 is 2.41 bits per heavy atom. The van der Waals surface area contributed by atoms with Crippen LogP contribution in [0.25, 0.3) is 0 Å². The minimum atomic E-state index is -0.304. The fraction of sp³-hybridized carbons (Fsp3) is 0.294. The summed E-state index contributed by atoms with van der Waals surface area (Å²) < 4.78 is 9.86. The first-order valence-electron chi connectivity index (χ1n) is 6.88. The molecule has 0 bridgehead atoms. The highest BCUT2D eigenvalue weighted by Gasteiger charge is 2.24. The first-order valence-corrected chi connectivity index (χ1v) is 6.88. The predicted octanol–water partition coefficient (Wildman–Crippen LogP) is 2.19. The van der Waals surface area contributed by atoms with E-state index < -0.39 is 0 Å². The summed E-state index contributed by atoms with van der Waals surface area (Å²) in [4.78, 5) is 23.9. The van der Waals surface area contributed by atoms with Gasteiger partial charge in [-0.05, 0) is 36.1 Å². The summed E-state index contributed by atoms with van der Waals surface area (Å²) >= 11 is 0. The molecule has 0 heterocycles. The standard InChI is InChI=1S/C17H18O5/c1-10(6-11-4-5-16(21-2)14(19)7-11)12-8-15(20)17(22-3)9-13(12)18/h4-5,7-10,19H,6H2,1-3H3/t10-/m1/s1. The Morgan fingerprint density at radius 2 is 1.82 bits per heavy atom. The summed E-state index contributed by atoms with van der Waals surface area (Å²) in [6.45, 7) is 1.87. The minimum absolute atomic E-state index is 0.0498. The number of methoxy groups -OCH3 is 2. The van der Waals surface area contributed by atoms with Crippen molar-refractivity contribution in [1.82, 2.24) is 0 Å². The van der Waals surface area contributed by atoms with Crippen LogP contribution in [-0.2, 0) is 20.7 Å². The number of allylic oxidation sites excluding steroid dienone is 3. The summed E-state index contributed by atoms with van der Waals surface area (Å²) in [5, 5.41) is 9.79. The molecule has 1 N–H and O–H groups in total. The van der Waals surface area contributed by atoms with Gasteiger partial charge in [-0.3, -0.25) is 9.59 Å². The SMILES string of the molecule is COC1=CC(=O)C([C@H](C)Cc2ccc(OC)c(O)c2)=CC1=O. The Hall–Kier alpha value is -2.56. The molecule has 1 aromatic rings. The Balaban J connectivity index is 2.16. The second-order valence-electron chi connectivity index (χ2n) is 5.15. The van der Waals surface area contributed by atoms with Gasteiger partial charge in [-0.2, -0.15) is 0 Å². The highest BCUT2D eigenvalue weighted by Crippen LogP contribution is 2.29. The zero-order chi connectivity index (χ0) is 16.3. The van der Waals surface area contributed by atoms with Crippen molar-refractivity contribution in [2.75, 3.05) is 14.2 Å². The van der Waals surface area contributed by atoms with E-state index in [1.54, 1.807) is 12.1 Å². The molecule has 5 heteroatoms. The van der Waals surface area contributed by atoms with Crippen LogP contribution < -0.4 is 4.74 Å². The molecule has 22 heavy (non-hydrogen) atoms. The van der Waals surface area contributed by atoms with E-state index in [0.717, 1.165) is 5.56 Å². The second-order valence-corrected chi connectivity index (χ2v) is 5.15. The number of carbonyl (C=O) groups is 2. The quantitative estimate of drug-likeness (QED) is 0.844. The molecule has 0 aliphatic heterocycles. The lowest BCUT2D eigenvalue weighted by atomic mass is 9.87. The zero-order valence-corrected chi connectivity index (χ0v) is 12.8. The molecule has 2 rings (SSSR count). The average molecular weight is 302 g/mol. The first-order chi connectivity index (χ1) is 10.5. The van der Waals surface area contributed by atoms with E-state index in [1.165, 1.54) is 26.4 Å². The molecule has 0 radical (unpaired) electrons. The summed E-state index contributed by atoms with van der Waals surface area (Å²) in [7, 11) is 2.84. The van der Waals surface area contributed by atoms with Crippen molar-refractivity contribution in [3.63, 3.8) is 0 Å². The topological polar surface area (TPSA) is 72.8 Å². The zero-order valence-electron chi connectivity index (χ0n) is 12.8. The third kappa shape index (κ3) is 3.19. The molecule has 0 spiro atoms. The monoisotopic (exact) mass is 302 g/mol. The molecule has 0 fully saturated rings. The van der Waals surface area contributed by atoms with Crippen molar-refractivity contribution in [2.45, 2.75) is 13.3 Å². The lowest BCUT2D eigenvalue weighted by molar-refractivity contribution is -0.117. The summed E-state index contributed by atoms with van der Waals surface area (Å²) in [5.41, 5.74) is 1.30. The molecule has 1 atom stereocenters. The predicted molar refractivity (Wildman–Crippen MR) is 80.7 cm³/mol. The number of ketones is 2. The van der Waals surface area contributed by atoms with E-state index in [0.29, 0.717) is 17.7 Å². The Labute approximate surface area is 128 Å². The van der Waals surface area contributed by atoms with Gasteiger partial charge >= 0.3 is 0 Å². The number of rotatable bonds is 5. The average Bonchev–Trinajstić information content (AvgIpc) is 2.49. The molecule has 116 valence electrons. The number of phenols is 1. The number of aromatic hydroxyl groups is 1. The van der Waals surface area contributed by atoms with Crippen LogP contribution in [0.1, 0.15) is 12.5 Å². The Kier molecular flexibility index (Phi) is 4.65. The third-order valence-electron chi connectivity index (χ3n) is 3.61. The van der Waals surface area contributed by atoms with Gasteiger partial charge in [-0.15, -0.1) is 0 Å². The van der Waals surface area contributed by atoms with Gasteiger partial charge in [0.25, 0.3) is 0 Å². The van der Waals surface area contributed by atoms with E-state index in [2.05, 4.69) is 0 Å². The van der Waals surface area contributed by atoms with Crippen LogP contribution in [0.3, 0.4) is 0 Å². The highest BCUT2D eigenvalue weighted by molar-refractivity contribution is 6.19. The normalized spacial score (nSPS) is 16.0. The van der Waals surface area contributed by atoms with E-state index >= 15 is 0 Å². The van der Waals surface area contributed by atoms with Gasteiger partial charge in [0.2, 0.25) is 5.78 Å². The molecule has 0 aromatic heterocycles. The van der Waals surface area contributed by atoms with Crippen LogP contribution in [-0.4, -0.2) is 30.9 Å². The maximum absolute atomic E-state index is 12.1. The van der Waals surface area contributed by atoms with Gasteiger partial charge in [0.15, 0.2) is 23.0 Å². The maximum Gasteiger partial charge on any atom is 0.220 e. The number of benzene rings is 1. The molecular weight excluding hydrogens is 284 g/mol. The maximum atomic E-state index is 12.1. The molecule has 0 unspecified atom stereocenters. The van der Waals surface area contributed by atoms with Crippen LogP contribution in [0.15, 0.2) is 41.7 Å². The number of ether oxygens (including phenoxy) is 2. The number of hydrogen-bond donors (Lipinski definition) is 1. The number of carbonyl (C=O) groups excluding carboxylic acids is 2. The molecular formula is C17H18O5. The number of hydrogen-bond acceptors (Lipinski definition) is 5. The molecule has 0 saturated heterocycles. The molecule has 1 aliphatic carbocycles. The van der Waals surface area contributed by atoms with Gasteiger partial charge in [-0.1, -0.05) is 13.0 Å². The van der Waals surface area contributed by atoms with Crippen LogP contribution in [0.5, 0.6) is 11.5 Å². The summed E-state index contributed by atoms with van der Waals surface area (Å²) in [6, 6.07) is 5.09. The fourth-order valence-corrected chi connectivity index (χ4v) is 2.43. The second kappa shape index (κ2) is 6.47. The molecule has 1 aromatic carbocycles. The van der Waals surface area contributed by atoms with Crippen molar-refractivity contribution in [3.8, 4) is 11.5 Å². The van der Waals surface area contributed by atoms with Crippen LogP contribution in [0.2, 0.25) is 0 Å². The van der Waals surface area contributed by atoms with E-state index in [1.807, 2.05) is 13.0 Å². The largest absolute Gasteiger partial charge is 0.504 e. The van der Waals surface area contributed by atoms with Crippen molar-refractivity contribution >= 4 is 11.6 Å². The van der Waals surface area contributed by atoms with Crippen molar-refractivity contribution in [2.24, 2.45) is 5.92 Å². The smallest absolute Gasteiger partial charge is 0.220 e. The van der Waals surface area contributed by atoms with Crippen molar-refractivity contribution < 1.29 is 24.2 Å². The minimum Gasteiger partial charge on any atom is -0.504 e. The lowest BCUT2D eigenvalue weighted by Gasteiger charge is -2.17. The number of phenolic OH excluding ortho intramolecular Hbond substituents is 1. The van der Waals surface area contributed by atoms with Crippen molar-refractivity contribution in [1.29, 1.82) is 0 Å².